The number of amidine groups is 1. The maximum Gasteiger partial charge on any atom is 0.264 e. The number of alkyl halides is 2. The van der Waals surface area contributed by atoms with Gasteiger partial charge in [-0.05, 0) is 6.07 Å². The molecule has 3 heterocycles. The summed E-state index contributed by atoms with van der Waals surface area (Å²) >= 11 is 0. The summed E-state index contributed by atoms with van der Waals surface area (Å²) in [5.41, 5.74) is 6.07. The molecule has 0 saturated carbocycles. The first-order valence-corrected chi connectivity index (χ1v) is 9.25. The molecule has 0 aliphatic carbocycles. The Bertz CT molecular complexity index is 703. The number of nitrogens with zero attached hydrogens (tertiary/aromatic N) is 3. The lowest BCUT2D eigenvalue weighted by atomic mass is 10.1. The van der Waals surface area contributed by atoms with Crippen molar-refractivity contribution in [2.24, 2.45) is 0 Å². The molecule has 0 bridgehead atoms. The minimum atomic E-state index is -2.70. The molecule has 154 valence electrons. The molecule has 2 saturated heterocycles. The van der Waals surface area contributed by atoms with Crippen LogP contribution in [0.15, 0.2) is 18.3 Å². The quantitative estimate of drug-likeness (QED) is 0.490. The lowest BCUT2D eigenvalue weighted by molar-refractivity contribution is 0.0363. The Morgan fingerprint density at radius 3 is 2.50 bits per heavy atom. The molecule has 2 fully saturated rings. The van der Waals surface area contributed by atoms with Gasteiger partial charge < -0.3 is 25.4 Å². The van der Waals surface area contributed by atoms with Gasteiger partial charge in [-0.2, -0.15) is 0 Å². The molecule has 0 aromatic carbocycles. The Morgan fingerprint density at radius 2 is 1.86 bits per heavy atom. The maximum atomic E-state index is 13.6. The highest BCUT2D eigenvalue weighted by atomic mass is 19.3. The van der Waals surface area contributed by atoms with E-state index in [0.29, 0.717) is 51.9 Å². The Kier molecular flexibility index (Phi) is 7.12. The Labute approximate surface area is 162 Å². The van der Waals surface area contributed by atoms with Crippen molar-refractivity contribution in [1.82, 2.24) is 20.1 Å². The molecule has 2 aliphatic heterocycles. The zero-order chi connectivity index (χ0) is 19.9. The third-order valence-electron chi connectivity index (χ3n) is 4.71. The lowest BCUT2D eigenvalue weighted by Crippen LogP contribution is -2.42. The second-order valence-electron chi connectivity index (χ2n) is 6.61. The first kappa shape index (κ1) is 20.4. The molecule has 0 atom stereocenters. The van der Waals surface area contributed by atoms with Crippen molar-refractivity contribution < 1.29 is 18.3 Å². The van der Waals surface area contributed by atoms with E-state index in [1.54, 1.807) is 6.08 Å². The number of hydrogen-bond donors (Lipinski definition) is 3. The van der Waals surface area contributed by atoms with Crippen LogP contribution in [0, 0.1) is 5.41 Å². The molecule has 0 radical (unpaired) electrons. The van der Waals surface area contributed by atoms with Crippen LogP contribution in [-0.2, 0) is 9.47 Å². The third-order valence-corrected chi connectivity index (χ3v) is 4.71. The average molecular weight is 396 g/mol. The van der Waals surface area contributed by atoms with Gasteiger partial charge in [0.2, 0.25) is 0 Å². The van der Waals surface area contributed by atoms with E-state index in [4.69, 9.17) is 20.6 Å². The standard InChI is InChI=1S/C18H26F2N6O2/c19-18(20)13-9-16(21)23-11-14(13)15(24-12-25-1-5-27-6-2-25)10-17(22)26-3-7-28-8-4-26/h9-11,18,22,24H,1-8,12H2,(H2,21,23)/b15-10-,22-17?. The van der Waals surface area contributed by atoms with Crippen LogP contribution in [0.5, 0.6) is 0 Å². The Hall–Kier alpha value is -2.30. The van der Waals surface area contributed by atoms with Crippen LogP contribution >= 0.6 is 0 Å². The normalized spacial score (nSPS) is 19.1. The van der Waals surface area contributed by atoms with Crippen molar-refractivity contribution in [3.8, 4) is 0 Å². The number of halogens is 2. The second-order valence-corrected chi connectivity index (χ2v) is 6.61. The highest BCUT2D eigenvalue weighted by Crippen LogP contribution is 2.28. The van der Waals surface area contributed by atoms with Gasteiger partial charge >= 0.3 is 0 Å². The number of ether oxygens (including phenoxy) is 2. The molecular formula is C18H26F2N6O2. The van der Waals surface area contributed by atoms with Crippen LogP contribution in [0.1, 0.15) is 17.6 Å². The van der Waals surface area contributed by atoms with E-state index in [2.05, 4.69) is 15.2 Å². The van der Waals surface area contributed by atoms with Crippen LogP contribution in [0.2, 0.25) is 0 Å². The molecule has 4 N–H and O–H groups in total. The summed E-state index contributed by atoms with van der Waals surface area (Å²) < 4.78 is 37.9. The largest absolute Gasteiger partial charge is 0.384 e. The molecule has 3 rings (SSSR count). The number of anilines is 1. The predicted octanol–water partition coefficient (Wildman–Crippen LogP) is 1.13. The number of morpholine rings is 2. The summed E-state index contributed by atoms with van der Waals surface area (Å²) in [6, 6.07) is 1.18. The molecule has 1 aromatic rings. The molecule has 0 unspecified atom stereocenters. The summed E-state index contributed by atoms with van der Waals surface area (Å²) in [7, 11) is 0. The minimum absolute atomic E-state index is 0.0369. The molecule has 0 amide bonds. The third kappa shape index (κ3) is 5.37. The molecule has 28 heavy (non-hydrogen) atoms. The Balaban J connectivity index is 1.85. The number of pyridine rings is 1. The van der Waals surface area contributed by atoms with Gasteiger partial charge in [0, 0.05) is 55.3 Å². The monoisotopic (exact) mass is 396 g/mol. The summed E-state index contributed by atoms with van der Waals surface area (Å²) in [5, 5.41) is 11.6. The fraction of sp³-hybridized carbons (Fsp3) is 0.556. The van der Waals surface area contributed by atoms with Crippen LogP contribution in [0.25, 0.3) is 5.70 Å². The van der Waals surface area contributed by atoms with Crippen LogP contribution < -0.4 is 11.1 Å². The van der Waals surface area contributed by atoms with Crippen LogP contribution in [-0.4, -0.2) is 79.9 Å². The van der Waals surface area contributed by atoms with Crippen molar-refractivity contribution in [1.29, 1.82) is 5.41 Å². The van der Waals surface area contributed by atoms with Gasteiger partial charge in [-0.25, -0.2) is 13.8 Å². The summed E-state index contributed by atoms with van der Waals surface area (Å²) in [6.07, 6.45) is 0.207. The summed E-state index contributed by atoms with van der Waals surface area (Å²) in [6.45, 7) is 5.49. The highest BCUT2D eigenvalue weighted by Gasteiger charge is 2.20. The van der Waals surface area contributed by atoms with Gasteiger partial charge in [0.15, 0.2) is 0 Å². The summed E-state index contributed by atoms with van der Waals surface area (Å²) in [4.78, 5) is 7.96. The van der Waals surface area contributed by atoms with Crippen molar-refractivity contribution in [3.63, 3.8) is 0 Å². The van der Waals surface area contributed by atoms with Gasteiger partial charge in [0.1, 0.15) is 11.7 Å². The first-order chi connectivity index (χ1) is 13.5. The molecule has 8 nitrogen and oxygen atoms in total. The molecule has 10 heteroatoms. The summed E-state index contributed by atoms with van der Waals surface area (Å²) in [5.74, 6) is 0.277. The van der Waals surface area contributed by atoms with Gasteiger partial charge in [-0.1, -0.05) is 0 Å². The van der Waals surface area contributed by atoms with Gasteiger partial charge in [-0.15, -0.1) is 0 Å². The van der Waals surface area contributed by atoms with Crippen LogP contribution in [0.4, 0.5) is 14.6 Å². The zero-order valence-electron chi connectivity index (χ0n) is 15.7. The van der Waals surface area contributed by atoms with E-state index in [0.717, 1.165) is 13.1 Å². The smallest absolute Gasteiger partial charge is 0.264 e. The van der Waals surface area contributed by atoms with Crippen molar-refractivity contribution in [2.45, 2.75) is 6.43 Å². The van der Waals surface area contributed by atoms with E-state index >= 15 is 0 Å². The highest BCUT2D eigenvalue weighted by molar-refractivity contribution is 5.97. The molecule has 2 aliphatic rings. The van der Waals surface area contributed by atoms with E-state index in [-0.39, 0.29) is 22.8 Å². The van der Waals surface area contributed by atoms with Gasteiger partial charge in [0.25, 0.3) is 6.43 Å². The SMILES string of the molecule is N=C(/C=C(\NCN1CCOCC1)c1cnc(N)cc1C(F)F)N1CCOCC1. The van der Waals surface area contributed by atoms with Gasteiger partial charge in [-0.3, -0.25) is 10.3 Å². The lowest BCUT2D eigenvalue weighted by Gasteiger charge is -2.30. The Morgan fingerprint density at radius 1 is 1.21 bits per heavy atom. The minimum Gasteiger partial charge on any atom is -0.384 e. The number of nitrogens with one attached hydrogen (secondary N) is 2. The maximum absolute atomic E-state index is 13.6. The van der Waals surface area contributed by atoms with E-state index in [9.17, 15) is 8.78 Å². The van der Waals surface area contributed by atoms with Crippen molar-refractivity contribution >= 4 is 17.4 Å². The van der Waals surface area contributed by atoms with Crippen molar-refractivity contribution in [3.05, 3.63) is 29.5 Å². The fourth-order valence-corrected chi connectivity index (χ4v) is 3.11. The zero-order valence-corrected chi connectivity index (χ0v) is 15.7. The fourth-order valence-electron chi connectivity index (χ4n) is 3.11. The first-order valence-electron chi connectivity index (χ1n) is 9.25. The van der Waals surface area contributed by atoms with E-state index in [1.807, 2.05) is 4.90 Å². The molecule has 1 aromatic heterocycles. The number of rotatable bonds is 6. The topological polar surface area (TPSA) is 99.7 Å². The number of nitrogen functional groups attached to an aromatic ring is 1. The number of aromatic nitrogens is 1. The van der Waals surface area contributed by atoms with Crippen LogP contribution in [0.3, 0.4) is 0 Å². The van der Waals surface area contributed by atoms with E-state index < -0.39 is 6.43 Å². The predicted molar refractivity (Wildman–Crippen MR) is 102 cm³/mol. The molecule has 0 spiro atoms. The van der Waals surface area contributed by atoms with Crippen molar-refractivity contribution in [2.75, 3.05) is 65.0 Å². The second kappa shape index (κ2) is 9.76. The number of nitrogens with two attached hydrogens (primary N) is 1. The number of hydrogen-bond acceptors (Lipinski definition) is 7. The van der Waals surface area contributed by atoms with Gasteiger partial charge in [0.05, 0.1) is 33.1 Å². The van der Waals surface area contributed by atoms with E-state index in [1.165, 1.54) is 12.3 Å². The molecular weight excluding hydrogens is 370 g/mol. The average Bonchev–Trinajstić information content (AvgIpc) is 2.72.